The van der Waals surface area contributed by atoms with Crippen LogP contribution >= 0.6 is 0 Å². The van der Waals surface area contributed by atoms with Gasteiger partial charge >= 0.3 is 0 Å². The average molecular weight is 198 g/mol. The van der Waals surface area contributed by atoms with E-state index < -0.39 is 0 Å². The summed E-state index contributed by atoms with van der Waals surface area (Å²) in [5, 5.41) is 4.55. The van der Waals surface area contributed by atoms with Crippen molar-refractivity contribution >= 4 is 10.9 Å². The van der Waals surface area contributed by atoms with Gasteiger partial charge in [-0.2, -0.15) is 0 Å². The summed E-state index contributed by atoms with van der Waals surface area (Å²) in [6.45, 7) is 2.32. The predicted molar refractivity (Wildman–Crippen MR) is 61.8 cm³/mol. The molecule has 1 saturated heterocycles. The number of fused-ring (bicyclic) bond motifs is 1. The minimum atomic E-state index is 0.813. The van der Waals surface area contributed by atoms with Crippen LogP contribution in [0.25, 0.3) is 10.9 Å². The van der Waals surface area contributed by atoms with E-state index in [0.29, 0.717) is 0 Å². The summed E-state index contributed by atoms with van der Waals surface area (Å²) in [6.07, 6.45) is 3.17. The molecule has 0 saturated carbocycles. The molecule has 2 heterocycles. The predicted octanol–water partition coefficient (Wildman–Crippen LogP) is 2.00. The lowest BCUT2D eigenvalue weighted by atomic mass is 9.95. The van der Waals surface area contributed by atoms with Crippen LogP contribution in [0.2, 0.25) is 0 Å². The average Bonchev–Trinajstić information content (AvgIpc) is 2.23. The molecule has 15 heavy (non-hydrogen) atoms. The number of hydrogen-bond acceptors (Lipinski definition) is 2. The molecule has 0 aliphatic carbocycles. The summed E-state index contributed by atoms with van der Waals surface area (Å²) in [5.74, 6) is 0.813. The van der Waals surface area contributed by atoms with Gasteiger partial charge in [-0.3, -0.25) is 4.98 Å². The summed E-state index contributed by atoms with van der Waals surface area (Å²) in [6, 6.07) is 10.6. The van der Waals surface area contributed by atoms with Crippen LogP contribution in [0, 0.1) is 5.92 Å². The third kappa shape index (κ3) is 1.73. The largest absolute Gasteiger partial charge is 0.316 e. The van der Waals surface area contributed by atoms with Gasteiger partial charge in [-0.15, -0.1) is 0 Å². The van der Waals surface area contributed by atoms with E-state index in [-0.39, 0.29) is 0 Å². The first-order chi connectivity index (χ1) is 7.42. The van der Waals surface area contributed by atoms with Crippen LogP contribution in [0.1, 0.15) is 5.56 Å². The molecular weight excluding hydrogens is 184 g/mol. The Balaban J connectivity index is 1.91. The number of nitrogens with zero attached hydrogens (tertiary/aromatic N) is 1. The Labute approximate surface area is 89.3 Å². The van der Waals surface area contributed by atoms with E-state index in [1.165, 1.54) is 10.9 Å². The number of benzene rings is 1. The third-order valence-corrected chi connectivity index (χ3v) is 3.04. The maximum Gasteiger partial charge on any atom is 0.0702 e. The molecule has 2 nitrogen and oxygen atoms in total. The van der Waals surface area contributed by atoms with Gasteiger partial charge in [-0.05, 0) is 43.1 Å². The van der Waals surface area contributed by atoms with Crippen molar-refractivity contribution < 1.29 is 0 Å². The number of para-hydroxylation sites is 1. The van der Waals surface area contributed by atoms with Gasteiger partial charge in [0.25, 0.3) is 0 Å². The van der Waals surface area contributed by atoms with E-state index in [9.17, 15) is 0 Å². The summed E-state index contributed by atoms with van der Waals surface area (Å²) < 4.78 is 0. The zero-order valence-corrected chi connectivity index (χ0v) is 8.61. The number of aromatic nitrogens is 1. The molecule has 2 heteroatoms. The van der Waals surface area contributed by atoms with Crippen LogP contribution in [-0.4, -0.2) is 18.1 Å². The molecule has 1 N–H and O–H groups in total. The molecule has 2 aromatic rings. The lowest BCUT2D eigenvalue weighted by molar-refractivity contribution is 0.346. The lowest BCUT2D eigenvalue weighted by Gasteiger charge is -2.26. The molecule has 0 radical (unpaired) electrons. The fraction of sp³-hybridized carbons (Fsp3) is 0.308. The standard InChI is InChI=1S/C13H14N2/c1-2-4-13-12(3-1)6-10(9-15-13)5-11-7-14-8-11/h1-4,6,9,11,14H,5,7-8H2. The maximum atomic E-state index is 4.47. The summed E-state index contributed by atoms with van der Waals surface area (Å²) in [4.78, 5) is 4.47. The SMILES string of the molecule is c1ccc2ncc(CC3CNC3)cc2c1. The molecule has 0 atom stereocenters. The maximum absolute atomic E-state index is 4.47. The van der Waals surface area contributed by atoms with Crippen LogP contribution in [0.4, 0.5) is 0 Å². The first-order valence-electron chi connectivity index (χ1n) is 5.46. The van der Waals surface area contributed by atoms with Crippen LogP contribution < -0.4 is 5.32 Å². The molecule has 1 aliphatic rings. The fourth-order valence-electron chi connectivity index (χ4n) is 2.05. The van der Waals surface area contributed by atoms with Crippen molar-refractivity contribution in [3.63, 3.8) is 0 Å². The Kier molecular flexibility index (Phi) is 2.14. The van der Waals surface area contributed by atoms with Crippen molar-refractivity contribution in [2.24, 2.45) is 5.92 Å². The van der Waals surface area contributed by atoms with Gasteiger partial charge in [0.1, 0.15) is 0 Å². The van der Waals surface area contributed by atoms with Crippen LogP contribution in [0.15, 0.2) is 36.5 Å². The highest BCUT2D eigenvalue weighted by molar-refractivity contribution is 5.78. The lowest BCUT2D eigenvalue weighted by Crippen LogP contribution is -2.43. The van der Waals surface area contributed by atoms with Crippen molar-refractivity contribution in [1.82, 2.24) is 10.3 Å². The highest BCUT2D eigenvalue weighted by Gasteiger charge is 2.16. The van der Waals surface area contributed by atoms with E-state index in [1.807, 2.05) is 12.3 Å². The van der Waals surface area contributed by atoms with Gasteiger partial charge < -0.3 is 5.32 Å². The van der Waals surface area contributed by atoms with Crippen LogP contribution in [0.5, 0.6) is 0 Å². The quantitative estimate of drug-likeness (QED) is 0.798. The third-order valence-electron chi connectivity index (χ3n) is 3.04. The van der Waals surface area contributed by atoms with Crippen LogP contribution in [0.3, 0.4) is 0 Å². The monoisotopic (exact) mass is 198 g/mol. The van der Waals surface area contributed by atoms with Gasteiger partial charge in [0, 0.05) is 11.6 Å². The number of hydrogen-bond donors (Lipinski definition) is 1. The first kappa shape index (κ1) is 8.86. The Bertz CT molecular complexity index is 475. The van der Waals surface area contributed by atoms with Crippen LogP contribution in [-0.2, 0) is 6.42 Å². The van der Waals surface area contributed by atoms with E-state index in [4.69, 9.17) is 0 Å². The Morgan fingerprint density at radius 3 is 2.93 bits per heavy atom. The summed E-state index contributed by atoms with van der Waals surface area (Å²) >= 11 is 0. The van der Waals surface area contributed by atoms with Gasteiger partial charge in [0.15, 0.2) is 0 Å². The second-order valence-corrected chi connectivity index (χ2v) is 4.26. The normalized spacial score (nSPS) is 16.5. The molecule has 1 aliphatic heterocycles. The van der Waals surface area contributed by atoms with Crippen molar-refractivity contribution in [1.29, 1.82) is 0 Å². The highest BCUT2D eigenvalue weighted by Crippen LogP contribution is 2.16. The van der Waals surface area contributed by atoms with Gasteiger partial charge in [-0.1, -0.05) is 18.2 Å². The van der Waals surface area contributed by atoms with Gasteiger partial charge in [-0.25, -0.2) is 0 Å². The van der Waals surface area contributed by atoms with Crippen molar-refractivity contribution in [2.75, 3.05) is 13.1 Å². The number of rotatable bonds is 2. The van der Waals surface area contributed by atoms with Gasteiger partial charge in [0.2, 0.25) is 0 Å². The molecule has 1 aromatic heterocycles. The Morgan fingerprint density at radius 1 is 1.27 bits per heavy atom. The molecule has 0 unspecified atom stereocenters. The topological polar surface area (TPSA) is 24.9 Å². The fourth-order valence-corrected chi connectivity index (χ4v) is 2.05. The minimum Gasteiger partial charge on any atom is -0.316 e. The van der Waals surface area contributed by atoms with Crippen molar-refractivity contribution in [2.45, 2.75) is 6.42 Å². The molecule has 0 amide bonds. The van der Waals surface area contributed by atoms with E-state index in [1.54, 1.807) is 0 Å². The summed E-state index contributed by atoms with van der Waals surface area (Å²) in [7, 11) is 0. The molecule has 1 fully saturated rings. The minimum absolute atomic E-state index is 0.813. The molecule has 0 bridgehead atoms. The number of pyridine rings is 1. The Hall–Kier alpha value is -1.41. The molecule has 76 valence electrons. The smallest absolute Gasteiger partial charge is 0.0702 e. The van der Waals surface area contributed by atoms with Gasteiger partial charge in [0.05, 0.1) is 5.52 Å². The number of nitrogens with one attached hydrogen (secondary N) is 1. The van der Waals surface area contributed by atoms with Crippen molar-refractivity contribution in [3.8, 4) is 0 Å². The van der Waals surface area contributed by atoms with E-state index in [2.05, 4.69) is 34.6 Å². The Morgan fingerprint density at radius 2 is 2.13 bits per heavy atom. The molecule has 0 spiro atoms. The molecule has 1 aromatic carbocycles. The summed E-state index contributed by atoms with van der Waals surface area (Å²) in [5.41, 5.74) is 2.45. The molecule has 3 rings (SSSR count). The second-order valence-electron chi connectivity index (χ2n) is 4.26. The van der Waals surface area contributed by atoms with E-state index in [0.717, 1.165) is 30.9 Å². The highest BCUT2D eigenvalue weighted by atomic mass is 14.9. The molecular formula is C13H14N2. The first-order valence-corrected chi connectivity index (χ1v) is 5.46. The van der Waals surface area contributed by atoms with E-state index >= 15 is 0 Å². The second kappa shape index (κ2) is 3.63. The zero-order chi connectivity index (χ0) is 10.1. The van der Waals surface area contributed by atoms with Crippen molar-refractivity contribution in [3.05, 3.63) is 42.1 Å². The zero-order valence-electron chi connectivity index (χ0n) is 8.61.